The SMILES string of the molecule is CC(C)(C)C1CN(CC(F)(F)F)C1. The van der Waals surface area contributed by atoms with Crippen molar-refractivity contribution in [3.63, 3.8) is 0 Å². The van der Waals surface area contributed by atoms with E-state index in [0.717, 1.165) is 0 Å². The Balaban J connectivity index is 2.27. The monoisotopic (exact) mass is 195 g/mol. The quantitative estimate of drug-likeness (QED) is 0.621. The lowest BCUT2D eigenvalue weighted by molar-refractivity contribution is -0.163. The number of alkyl halides is 3. The maximum absolute atomic E-state index is 11.9. The summed E-state index contributed by atoms with van der Waals surface area (Å²) in [7, 11) is 0. The maximum Gasteiger partial charge on any atom is 0.401 e. The van der Waals surface area contributed by atoms with Gasteiger partial charge in [-0.2, -0.15) is 13.2 Å². The molecule has 1 heterocycles. The van der Waals surface area contributed by atoms with Crippen molar-refractivity contribution in [1.29, 1.82) is 0 Å². The topological polar surface area (TPSA) is 3.24 Å². The van der Waals surface area contributed by atoms with E-state index in [1.54, 1.807) is 0 Å². The van der Waals surface area contributed by atoms with E-state index in [4.69, 9.17) is 0 Å². The summed E-state index contributed by atoms with van der Waals surface area (Å²) in [6, 6.07) is 0. The summed E-state index contributed by atoms with van der Waals surface area (Å²) < 4.78 is 35.7. The highest BCUT2D eigenvalue weighted by molar-refractivity contribution is 4.88. The third-order valence-electron chi connectivity index (χ3n) is 2.58. The van der Waals surface area contributed by atoms with E-state index in [-0.39, 0.29) is 5.41 Å². The van der Waals surface area contributed by atoms with Crippen molar-refractivity contribution in [2.24, 2.45) is 11.3 Å². The van der Waals surface area contributed by atoms with Crippen molar-refractivity contribution in [2.45, 2.75) is 26.9 Å². The summed E-state index contributed by atoms with van der Waals surface area (Å²) in [5, 5.41) is 0. The van der Waals surface area contributed by atoms with E-state index in [1.165, 1.54) is 4.90 Å². The molecule has 0 amide bonds. The first-order valence-corrected chi connectivity index (χ1v) is 4.47. The van der Waals surface area contributed by atoms with E-state index in [2.05, 4.69) is 20.8 Å². The van der Waals surface area contributed by atoms with Crippen LogP contribution in [0, 0.1) is 11.3 Å². The van der Waals surface area contributed by atoms with Crippen molar-refractivity contribution < 1.29 is 13.2 Å². The van der Waals surface area contributed by atoms with Gasteiger partial charge in [-0.05, 0) is 11.3 Å². The zero-order valence-electron chi connectivity index (χ0n) is 8.28. The molecule has 1 saturated heterocycles. The van der Waals surface area contributed by atoms with Gasteiger partial charge in [-0.3, -0.25) is 4.90 Å². The molecule has 0 unspecified atom stereocenters. The predicted molar refractivity (Wildman–Crippen MR) is 45.4 cm³/mol. The molecule has 0 radical (unpaired) electrons. The van der Waals surface area contributed by atoms with Crippen molar-refractivity contribution >= 4 is 0 Å². The zero-order chi connectivity index (χ0) is 10.3. The molecule has 1 aliphatic rings. The molecule has 0 atom stereocenters. The van der Waals surface area contributed by atoms with Gasteiger partial charge in [0.15, 0.2) is 0 Å². The Hall–Kier alpha value is -0.250. The normalized spacial score (nSPS) is 21.7. The van der Waals surface area contributed by atoms with Gasteiger partial charge in [-0.25, -0.2) is 0 Å². The lowest BCUT2D eigenvalue weighted by Crippen LogP contribution is -2.54. The Morgan fingerprint density at radius 1 is 1.15 bits per heavy atom. The van der Waals surface area contributed by atoms with Gasteiger partial charge in [0, 0.05) is 13.1 Å². The molecule has 78 valence electrons. The van der Waals surface area contributed by atoms with Crippen LogP contribution in [-0.4, -0.2) is 30.7 Å². The third-order valence-corrected chi connectivity index (χ3v) is 2.58. The molecular formula is C9H16F3N. The van der Waals surface area contributed by atoms with E-state index in [0.29, 0.717) is 19.0 Å². The second-order valence-electron chi connectivity index (χ2n) is 4.87. The van der Waals surface area contributed by atoms with Gasteiger partial charge in [0.25, 0.3) is 0 Å². The smallest absolute Gasteiger partial charge is 0.294 e. The maximum atomic E-state index is 11.9. The summed E-state index contributed by atoms with van der Waals surface area (Å²) in [5.41, 5.74) is 0.141. The summed E-state index contributed by atoms with van der Waals surface area (Å²) in [4.78, 5) is 1.45. The fraction of sp³-hybridized carbons (Fsp3) is 1.00. The first-order valence-electron chi connectivity index (χ1n) is 4.47. The zero-order valence-corrected chi connectivity index (χ0v) is 8.28. The summed E-state index contributed by atoms with van der Waals surface area (Å²) in [6.07, 6.45) is -4.04. The van der Waals surface area contributed by atoms with E-state index in [9.17, 15) is 13.2 Å². The second-order valence-corrected chi connectivity index (χ2v) is 4.87. The summed E-state index contributed by atoms with van der Waals surface area (Å²) in [5.74, 6) is 0.412. The molecular weight excluding hydrogens is 179 g/mol. The molecule has 0 saturated carbocycles. The van der Waals surface area contributed by atoms with Gasteiger partial charge in [-0.15, -0.1) is 0 Å². The lowest BCUT2D eigenvalue weighted by atomic mass is 9.76. The molecule has 4 heteroatoms. The van der Waals surface area contributed by atoms with Crippen LogP contribution in [0.3, 0.4) is 0 Å². The molecule has 0 aromatic rings. The Labute approximate surface area is 76.9 Å². The molecule has 1 rings (SSSR count). The van der Waals surface area contributed by atoms with E-state index in [1.807, 2.05) is 0 Å². The van der Waals surface area contributed by atoms with Crippen molar-refractivity contribution in [3.05, 3.63) is 0 Å². The molecule has 0 bridgehead atoms. The standard InChI is InChI=1S/C9H16F3N/c1-8(2,3)7-4-13(5-7)6-9(10,11)12/h7H,4-6H2,1-3H3. The predicted octanol–water partition coefficient (Wildman–Crippen LogP) is 2.53. The Bertz CT molecular complexity index is 174. The van der Waals surface area contributed by atoms with Crippen LogP contribution < -0.4 is 0 Å². The van der Waals surface area contributed by atoms with Gasteiger partial charge in [0.05, 0.1) is 6.54 Å². The van der Waals surface area contributed by atoms with Gasteiger partial charge >= 0.3 is 6.18 Å². The summed E-state index contributed by atoms with van der Waals surface area (Å²) in [6.45, 7) is 6.64. The van der Waals surface area contributed by atoms with Gasteiger partial charge in [0.2, 0.25) is 0 Å². The number of nitrogens with zero attached hydrogens (tertiary/aromatic N) is 1. The van der Waals surface area contributed by atoms with Gasteiger partial charge < -0.3 is 0 Å². The summed E-state index contributed by atoms with van der Waals surface area (Å²) >= 11 is 0. The first-order chi connectivity index (χ1) is 5.68. The van der Waals surface area contributed by atoms with Crippen LogP contribution in [0.2, 0.25) is 0 Å². The minimum atomic E-state index is -4.04. The number of hydrogen-bond acceptors (Lipinski definition) is 1. The average molecular weight is 195 g/mol. The van der Waals surface area contributed by atoms with Gasteiger partial charge in [0.1, 0.15) is 0 Å². The minimum absolute atomic E-state index is 0.141. The highest BCUT2D eigenvalue weighted by Crippen LogP contribution is 2.34. The molecule has 0 aliphatic carbocycles. The van der Waals surface area contributed by atoms with Crippen LogP contribution in [0.5, 0.6) is 0 Å². The highest BCUT2D eigenvalue weighted by Gasteiger charge is 2.40. The van der Waals surface area contributed by atoms with Crippen LogP contribution in [0.4, 0.5) is 13.2 Å². The minimum Gasteiger partial charge on any atom is -0.294 e. The van der Waals surface area contributed by atoms with E-state index >= 15 is 0 Å². The van der Waals surface area contributed by atoms with Crippen LogP contribution in [0.1, 0.15) is 20.8 Å². The van der Waals surface area contributed by atoms with Crippen molar-refractivity contribution in [1.82, 2.24) is 4.90 Å². The molecule has 1 fully saturated rings. The highest BCUT2D eigenvalue weighted by atomic mass is 19.4. The molecule has 1 nitrogen and oxygen atoms in total. The van der Waals surface area contributed by atoms with E-state index < -0.39 is 12.7 Å². The van der Waals surface area contributed by atoms with Gasteiger partial charge in [-0.1, -0.05) is 20.8 Å². The molecule has 0 aromatic heterocycles. The largest absolute Gasteiger partial charge is 0.401 e. The Kier molecular flexibility index (Phi) is 2.63. The molecule has 0 spiro atoms. The molecule has 1 aliphatic heterocycles. The average Bonchev–Trinajstić information content (AvgIpc) is 1.71. The molecule has 13 heavy (non-hydrogen) atoms. The van der Waals surface area contributed by atoms with Crippen molar-refractivity contribution in [3.8, 4) is 0 Å². The Morgan fingerprint density at radius 2 is 1.62 bits per heavy atom. The number of likely N-dealkylation sites (tertiary alicyclic amines) is 1. The van der Waals surface area contributed by atoms with Crippen LogP contribution >= 0.6 is 0 Å². The van der Waals surface area contributed by atoms with Crippen molar-refractivity contribution in [2.75, 3.05) is 19.6 Å². The third kappa shape index (κ3) is 3.18. The first kappa shape index (κ1) is 10.8. The molecule has 0 aromatic carbocycles. The fourth-order valence-electron chi connectivity index (χ4n) is 1.50. The van der Waals surface area contributed by atoms with Crippen LogP contribution in [0.15, 0.2) is 0 Å². The number of halogens is 3. The second kappa shape index (κ2) is 3.15. The fourth-order valence-corrected chi connectivity index (χ4v) is 1.50. The van der Waals surface area contributed by atoms with Crippen LogP contribution in [-0.2, 0) is 0 Å². The number of rotatable bonds is 1. The molecule has 0 N–H and O–H groups in total. The number of hydrogen-bond donors (Lipinski definition) is 0. The lowest BCUT2D eigenvalue weighted by Gasteiger charge is -2.46. The Morgan fingerprint density at radius 3 is 1.92 bits per heavy atom. The van der Waals surface area contributed by atoms with Crippen LogP contribution in [0.25, 0.3) is 0 Å².